The number of carbonyl (C=O) groups excluding carboxylic acids is 2. The Kier molecular flexibility index (Phi) is 10.8. The second-order valence-corrected chi connectivity index (χ2v) is 12.9. The van der Waals surface area contributed by atoms with Crippen LogP contribution in [0.5, 0.6) is 5.75 Å². The highest BCUT2D eigenvalue weighted by atomic mass is 35.5. The number of hydrogen-bond acceptors (Lipinski definition) is 5. The lowest BCUT2D eigenvalue weighted by molar-refractivity contribution is -0.139. The van der Waals surface area contributed by atoms with Crippen molar-refractivity contribution in [3.63, 3.8) is 0 Å². The van der Waals surface area contributed by atoms with Gasteiger partial charge in [0.05, 0.1) is 17.2 Å². The van der Waals surface area contributed by atoms with Gasteiger partial charge in [0, 0.05) is 22.6 Å². The molecule has 3 aromatic carbocycles. The number of anilines is 1. The number of carbonyl (C=O) groups is 2. The fourth-order valence-corrected chi connectivity index (χ4v) is 6.84. The average molecular weight is 633 g/mol. The average Bonchev–Trinajstić information content (AvgIpc) is 3.49. The number of amides is 2. The van der Waals surface area contributed by atoms with E-state index >= 15 is 0 Å². The van der Waals surface area contributed by atoms with Gasteiger partial charge >= 0.3 is 0 Å². The van der Waals surface area contributed by atoms with Crippen LogP contribution in [0.4, 0.5) is 5.69 Å². The Hall–Kier alpha value is -3.27. The van der Waals surface area contributed by atoms with Crippen LogP contribution in [0.3, 0.4) is 0 Å². The summed E-state index contributed by atoms with van der Waals surface area (Å²) in [5.41, 5.74) is 0.858. The van der Waals surface area contributed by atoms with Gasteiger partial charge in [-0.2, -0.15) is 0 Å². The first-order chi connectivity index (χ1) is 20.1. The summed E-state index contributed by atoms with van der Waals surface area (Å²) < 4.78 is 34.4. The van der Waals surface area contributed by atoms with Gasteiger partial charge in [-0.25, -0.2) is 8.42 Å². The highest BCUT2D eigenvalue weighted by Gasteiger charge is 2.33. The number of sulfonamides is 1. The molecule has 8 nitrogen and oxygen atoms in total. The van der Waals surface area contributed by atoms with E-state index < -0.39 is 28.5 Å². The molecule has 4 rings (SSSR count). The third-order valence-electron chi connectivity index (χ3n) is 7.27. The van der Waals surface area contributed by atoms with Crippen molar-refractivity contribution in [3.8, 4) is 5.75 Å². The topological polar surface area (TPSA) is 96.0 Å². The fourth-order valence-electron chi connectivity index (χ4n) is 4.93. The number of benzene rings is 3. The van der Waals surface area contributed by atoms with E-state index in [2.05, 4.69) is 5.32 Å². The van der Waals surface area contributed by atoms with Crippen LogP contribution >= 0.6 is 23.2 Å². The van der Waals surface area contributed by atoms with Gasteiger partial charge in [0.25, 0.3) is 10.0 Å². The molecule has 0 aromatic heterocycles. The largest absolute Gasteiger partial charge is 0.494 e. The van der Waals surface area contributed by atoms with Crippen LogP contribution in [0, 0.1) is 0 Å². The first-order valence-electron chi connectivity index (χ1n) is 13.9. The third kappa shape index (κ3) is 7.76. The van der Waals surface area contributed by atoms with Crippen LogP contribution in [0.2, 0.25) is 10.0 Å². The van der Waals surface area contributed by atoms with Crippen LogP contribution in [-0.4, -0.2) is 50.4 Å². The van der Waals surface area contributed by atoms with Crippen LogP contribution in [0.1, 0.15) is 45.1 Å². The third-order valence-corrected chi connectivity index (χ3v) is 9.65. The zero-order valence-electron chi connectivity index (χ0n) is 23.6. The molecule has 1 aliphatic carbocycles. The van der Waals surface area contributed by atoms with Crippen LogP contribution in [0.25, 0.3) is 0 Å². The molecule has 0 aliphatic heterocycles. The van der Waals surface area contributed by atoms with Gasteiger partial charge in [0.1, 0.15) is 18.3 Å². The molecule has 224 valence electrons. The Morgan fingerprint density at radius 1 is 1.00 bits per heavy atom. The summed E-state index contributed by atoms with van der Waals surface area (Å²) in [5.74, 6) is -0.303. The molecule has 0 bridgehead atoms. The Morgan fingerprint density at radius 2 is 1.67 bits per heavy atom. The van der Waals surface area contributed by atoms with Crippen molar-refractivity contribution in [2.24, 2.45) is 0 Å². The Labute approximate surface area is 257 Å². The molecule has 1 fully saturated rings. The van der Waals surface area contributed by atoms with E-state index in [0.29, 0.717) is 28.0 Å². The van der Waals surface area contributed by atoms with Crippen molar-refractivity contribution in [1.29, 1.82) is 0 Å². The molecule has 1 N–H and O–H groups in total. The molecule has 11 heteroatoms. The Morgan fingerprint density at radius 3 is 2.29 bits per heavy atom. The van der Waals surface area contributed by atoms with E-state index in [9.17, 15) is 18.0 Å². The quantitative estimate of drug-likeness (QED) is 0.262. The zero-order chi connectivity index (χ0) is 30.3. The van der Waals surface area contributed by atoms with Gasteiger partial charge in [-0.15, -0.1) is 0 Å². The monoisotopic (exact) mass is 631 g/mol. The summed E-state index contributed by atoms with van der Waals surface area (Å²) in [6, 6.07) is 18.5. The maximum atomic E-state index is 14.1. The maximum Gasteiger partial charge on any atom is 0.264 e. The molecule has 0 unspecified atom stereocenters. The molecule has 2 amide bonds. The lowest BCUT2D eigenvalue weighted by Gasteiger charge is -2.32. The van der Waals surface area contributed by atoms with Crippen molar-refractivity contribution in [3.05, 3.63) is 88.4 Å². The maximum absolute atomic E-state index is 14.1. The molecule has 0 saturated heterocycles. The van der Waals surface area contributed by atoms with Crippen molar-refractivity contribution in [2.45, 2.75) is 63.1 Å². The summed E-state index contributed by atoms with van der Waals surface area (Å²) in [6.07, 6.45) is 3.85. The molecule has 1 saturated carbocycles. The summed E-state index contributed by atoms with van der Waals surface area (Å²) in [6.45, 7) is 3.38. The summed E-state index contributed by atoms with van der Waals surface area (Å²) >= 11 is 12.5. The van der Waals surface area contributed by atoms with Crippen molar-refractivity contribution < 1.29 is 22.7 Å². The number of halogens is 2. The summed E-state index contributed by atoms with van der Waals surface area (Å²) in [5, 5.41) is 3.82. The molecule has 0 heterocycles. The highest BCUT2D eigenvalue weighted by Crippen LogP contribution is 2.28. The smallest absolute Gasteiger partial charge is 0.264 e. The standard InChI is InChI=1S/C31H35Cl2N3O5S/c1-3-41-27-17-15-26(16-18-27)36(42(39,40)28-11-5-4-6-12-28)21-30(37)35(20-23-13-14-24(32)19-29(23)33)22(2)31(38)34-25-9-7-8-10-25/h4-6,11-19,22,25H,3,7-10,20-21H2,1-2H3,(H,34,38)/t22-/m0/s1. The molecule has 1 aliphatic rings. The SMILES string of the molecule is CCOc1ccc(N(CC(=O)N(Cc2ccc(Cl)cc2Cl)[C@@H](C)C(=O)NC2CCCC2)S(=O)(=O)c2ccccc2)cc1. The van der Waals surface area contributed by atoms with Crippen molar-refractivity contribution >= 4 is 50.7 Å². The van der Waals surface area contributed by atoms with Crippen LogP contribution in [-0.2, 0) is 26.2 Å². The van der Waals surface area contributed by atoms with Gasteiger partial charge < -0.3 is 15.0 Å². The summed E-state index contributed by atoms with van der Waals surface area (Å²) in [7, 11) is -4.16. The zero-order valence-corrected chi connectivity index (χ0v) is 26.0. The Bertz CT molecular complexity index is 1480. The van der Waals surface area contributed by atoms with Crippen molar-refractivity contribution in [2.75, 3.05) is 17.5 Å². The minimum atomic E-state index is -4.16. The molecular formula is C31H35Cl2N3O5S. The first kappa shape index (κ1) is 31.7. The van der Waals surface area contributed by atoms with Gasteiger partial charge in [-0.1, -0.05) is 60.3 Å². The normalized spacial score (nSPS) is 14.3. The molecule has 42 heavy (non-hydrogen) atoms. The first-order valence-corrected chi connectivity index (χ1v) is 16.1. The van der Waals surface area contributed by atoms with Gasteiger partial charge in [0.15, 0.2) is 0 Å². The molecule has 3 aromatic rings. The van der Waals surface area contributed by atoms with E-state index in [1.165, 1.54) is 17.0 Å². The second kappa shape index (κ2) is 14.3. The molecule has 1 atom stereocenters. The number of nitrogens with one attached hydrogen (secondary N) is 1. The predicted molar refractivity (Wildman–Crippen MR) is 165 cm³/mol. The number of rotatable bonds is 12. The highest BCUT2D eigenvalue weighted by molar-refractivity contribution is 7.92. The molecule has 0 radical (unpaired) electrons. The Balaban J connectivity index is 1.69. The molecule has 0 spiro atoms. The van der Waals surface area contributed by atoms with Crippen LogP contribution < -0.4 is 14.4 Å². The van der Waals surface area contributed by atoms with Gasteiger partial charge in [-0.05, 0) is 80.8 Å². The van der Waals surface area contributed by atoms with Gasteiger partial charge in [-0.3, -0.25) is 13.9 Å². The van der Waals surface area contributed by atoms with Gasteiger partial charge in [0.2, 0.25) is 11.8 Å². The molecular weight excluding hydrogens is 597 g/mol. The summed E-state index contributed by atoms with van der Waals surface area (Å²) in [4.78, 5) is 28.8. The lowest BCUT2D eigenvalue weighted by atomic mass is 10.1. The van der Waals surface area contributed by atoms with E-state index in [1.807, 2.05) is 6.92 Å². The van der Waals surface area contributed by atoms with E-state index in [0.717, 1.165) is 30.0 Å². The number of hydrogen-bond donors (Lipinski definition) is 1. The van der Waals surface area contributed by atoms with E-state index in [1.54, 1.807) is 67.6 Å². The second-order valence-electron chi connectivity index (χ2n) is 10.2. The minimum absolute atomic E-state index is 0.0173. The number of ether oxygens (including phenoxy) is 1. The predicted octanol–water partition coefficient (Wildman–Crippen LogP) is 6.06. The van der Waals surface area contributed by atoms with Crippen molar-refractivity contribution in [1.82, 2.24) is 10.2 Å². The van der Waals surface area contributed by atoms with E-state index in [-0.39, 0.29) is 29.1 Å². The van der Waals surface area contributed by atoms with E-state index in [4.69, 9.17) is 27.9 Å². The lowest BCUT2D eigenvalue weighted by Crippen LogP contribution is -2.52. The van der Waals surface area contributed by atoms with Crippen LogP contribution in [0.15, 0.2) is 77.7 Å². The minimum Gasteiger partial charge on any atom is -0.494 e. The fraction of sp³-hybridized carbons (Fsp3) is 0.355. The number of nitrogens with zero attached hydrogens (tertiary/aromatic N) is 2.